The maximum atomic E-state index is 12.5. The van der Waals surface area contributed by atoms with Gasteiger partial charge in [0.15, 0.2) is 6.10 Å². The maximum Gasteiger partial charge on any atom is 0.309 e. The van der Waals surface area contributed by atoms with E-state index < -0.39 is 11.5 Å². The Bertz CT molecular complexity index is 804. The molecule has 1 aromatic rings. The molecule has 0 bridgehead atoms. The Morgan fingerprint density at radius 3 is 2.19 bits per heavy atom. The first-order chi connectivity index (χ1) is 15.1. The van der Waals surface area contributed by atoms with E-state index in [1.807, 2.05) is 45.0 Å². The van der Waals surface area contributed by atoms with Gasteiger partial charge in [-0.1, -0.05) is 20.8 Å². The first-order valence-electron chi connectivity index (χ1n) is 11.4. The van der Waals surface area contributed by atoms with Crippen LogP contribution in [0.1, 0.15) is 40.5 Å². The zero-order chi connectivity index (χ0) is 23.3. The third-order valence-corrected chi connectivity index (χ3v) is 5.93. The highest BCUT2D eigenvalue weighted by Crippen LogP contribution is 2.25. The predicted octanol–water partition coefficient (Wildman–Crippen LogP) is 2.68. The molecule has 1 N–H and O–H groups in total. The van der Waals surface area contributed by atoms with Gasteiger partial charge in [-0.3, -0.25) is 14.4 Å². The largest absolute Gasteiger partial charge is 0.452 e. The second-order valence-corrected chi connectivity index (χ2v) is 9.53. The van der Waals surface area contributed by atoms with Crippen LogP contribution in [0.4, 0.5) is 11.4 Å². The number of benzene rings is 1. The summed E-state index contributed by atoms with van der Waals surface area (Å²) >= 11 is 0. The van der Waals surface area contributed by atoms with E-state index in [9.17, 15) is 14.4 Å². The standard InChI is InChI=1S/C24H35N3O5/c1-17(32-22(29)18-9-11-27(12-10-18)23(30)24(2,3)4)21(28)25-19-5-7-20(8-6-19)26-13-15-31-16-14-26/h5-8,17-18H,9-16H2,1-4H3,(H,25,28). The molecule has 0 aliphatic carbocycles. The second-order valence-electron chi connectivity index (χ2n) is 9.53. The van der Waals surface area contributed by atoms with Gasteiger partial charge in [0.05, 0.1) is 19.1 Å². The molecule has 3 rings (SSSR count). The third-order valence-electron chi connectivity index (χ3n) is 5.93. The van der Waals surface area contributed by atoms with Crippen molar-refractivity contribution < 1.29 is 23.9 Å². The molecule has 8 nitrogen and oxygen atoms in total. The molecule has 2 fully saturated rings. The Morgan fingerprint density at radius 2 is 1.62 bits per heavy atom. The van der Waals surface area contributed by atoms with Crippen molar-refractivity contribution >= 4 is 29.2 Å². The molecule has 0 aromatic heterocycles. The SMILES string of the molecule is CC(OC(=O)C1CCN(C(=O)C(C)(C)C)CC1)C(=O)Nc1ccc(N2CCOCC2)cc1. The average molecular weight is 446 g/mol. The number of esters is 1. The third kappa shape index (κ3) is 6.22. The Balaban J connectivity index is 1.45. The zero-order valence-corrected chi connectivity index (χ0v) is 19.6. The van der Waals surface area contributed by atoms with Crippen LogP contribution in [0.25, 0.3) is 0 Å². The van der Waals surface area contributed by atoms with Crippen molar-refractivity contribution in [2.45, 2.75) is 46.6 Å². The Morgan fingerprint density at radius 1 is 1.03 bits per heavy atom. The van der Waals surface area contributed by atoms with Gasteiger partial charge in [0.1, 0.15) is 0 Å². The number of nitrogens with one attached hydrogen (secondary N) is 1. The van der Waals surface area contributed by atoms with E-state index in [1.54, 1.807) is 11.8 Å². The van der Waals surface area contributed by atoms with E-state index in [1.165, 1.54) is 0 Å². The summed E-state index contributed by atoms with van der Waals surface area (Å²) in [5.74, 6) is -0.935. The molecule has 2 saturated heterocycles. The van der Waals surface area contributed by atoms with Gasteiger partial charge in [0.25, 0.3) is 5.91 Å². The number of piperidine rings is 1. The number of carbonyl (C=O) groups excluding carboxylic acids is 3. The van der Waals surface area contributed by atoms with Crippen molar-refractivity contribution in [1.29, 1.82) is 0 Å². The molecule has 32 heavy (non-hydrogen) atoms. The van der Waals surface area contributed by atoms with Crippen LogP contribution in [-0.2, 0) is 23.9 Å². The molecule has 0 saturated carbocycles. The first-order valence-corrected chi connectivity index (χ1v) is 11.4. The van der Waals surface area contributed by atoms with Gasteiger partial charge in [-0.2, -0.15) is 0 Å². The molecule has 8 heteroatoms. The number of likely N-dealkylation sites (tertiary alicyclic amines) is 1. The summed E-state index contributed by atoms with van der Waals surface area (Å²) in [4.78, 5) is 41.5. The molecular weight excluding hydrogens is 410 g/mol. The van der Waals surface area contributed by atoms with Gasteiger partial charge in [0.2, 0.25) is 5.91 Å². The van der Waals surface area contributed by atoms with E-state index in [0.29, 0.717) is 44.8 Å². The topological polar surface area (TPSA) is 88.2 Å². The van der Waals surface area contributed by atoms with Crippen LogP contribution in [-0.4, -0.2) is 68.2 Å². The first kappa shape index (κ1) is 24.0. The minimum absolute atomic E-state index is 0.0942. The number of morpholine rings is 1. The second kappa shape index (κ2) is 10.3. The number of anilines is 2. The van der Waals surface area contributed by atoms with Crippen molar-refractivity contribution in [3.05, 3.63) is 24.3 Å². The number of carbonyl (C=O) groups is 3. The predicted molar refractivity (Wildman–Crippen MR) is 122 cm³/mol. The summed E-state index contributed by atoms with van der Waals surface area (Å²) in [6.45, 7) is 11.5. The highest BCUT2D eigenvalue weighted by Gasteiger charge is 2.34. The normalized spacial score (nSPS) is 18.8. The molecule has 1 atom stereocenters. The molecule has 2 amide bonds. The van der Waals surface area contributed by atoms with Crippen LogP contribution < -0.4 is 10.2 Å². The van der Waals surface area contributed by atoms with Crippen molar-refractivity contribution in [3.63, 3.8) is 0 Å². The monoisotopic (exact) mass is 445 g/mol. The van der Waals surface area contributed by atoms with Gasteiger partial charge in [-0.05, 0) is 44.0 Å². The summed E-state index contributed by atoms with van der Waals surface area (Å²) in [6.07, 6.45) is 0.214. The fourth-order valence-corrected chi connectivity index (χ4v) is 3.94. The van der Waals surface area contributed by atoms with Crippen molar-refractivity contribution in [1.82, 2.24) is 4.90 Å². The minimum Gasteiger partial charge on any atom is -0.452 e. The molecule has 2 heterocycles. The van der Waals surface area contributed by atoms with Gasteiger partial charge >= 0.3 is 5.97 Å². The lowest BCUT2D eigenvalue weighted by molar-refractivity contribution is -0.160. The summed E-state index contributed by atoms with van der Waals surface area (Å²) in [5.41, 5.74) is 1.31. The smallest absolute Gasteiger partial charge is 0.309 e. The van der Waals surface area contributed by atoms with Crippen molar-refractivity contribution in [2.75, 3.05) is 49.6 Å². The highest BCUT2D eigenvalue weighted by atomic mass is 16.5. The highest BCUT2D eigenvalue weighted by molar-refractivity contribution is 5.95. The maximum absolute atomic E-state index is 12.5. The number of ether oxygens (including phenoxy) is 2. The summed E-state index contributed by atoms with van der Waals surface area (Å²) in [5, 5.41) is 2.81. The van der Waals surface area contributed by atoms with E-state index >= 15 is 0 Å². The Labute approximate surface area is 190 Å². The van der Waals surface area contributed by atoms with Crippen LogP contribution in [0.2, 0.25) is 0 Å². The summed E-state index contributed by atoms with van der Waals surface area (Å²) in [7, 11) is 0. The lowest BCUT2D eigenvalue weighted by atomic mass is 9.91. The van der Waals surface area contributed by atoms with Crippen LogP contribution in [0.15, 0.2) is 24.3 Å². The molecule has 1 unspecified atom stereocenters. The van der Waals surface area contributed by atoms with Gasteiger partial charge in [-0.25, -0.2) is 0 Å². The lowest BCUT2D eigenvalue weighted by Gasteiger charge is -2.35. The van der Waals surface area contributed by atoms with Crippen LogP contribution in [0.3, 0.4) is 0 Å². The van der Waals surface area contributed by atoms with Gasteiger partial charge in [0, 0.05) is 43.0 Å². The molecule has 2 aliphatic rings. The lowest BCUT2D eigenvalue weighted by Crippen LogP contribution is -2.45. The van der Waals surface area contributed by atoms with Crippen molar-refractivity contribution in [2.24, 2.45) is 11.3 Å². The summed E-state index contributed by atoms with van der Waals surface area (Å²) < 4.78 is 10.8. The van der Waals surface area contributed by atoms with E-state index in [-0.39, 0.29) is 23.7 Å². The molecule has 176 valence electrons. The number of hydrogen-bond acceptors (Lipinski definition) is 6. The number of hydrogen-bond donors (Lipinski definition) is 1. The fourth-order valence-electron chi connectivity index (χ4n) is 3.94. The quantitative estimate of drug-likeness (QED) is 0.701. The van der Waals surface area contributed by atoms with Gasteiger partial charge in [-0.15, -0.1) is 0 Å². The summed E-state index contributed by atoms with van der Waals surface area (Å²) in [6, 6.07) is 7.62. The number of nitrogens with zero attached hydrogens (tertiary/aromatic N) is 2. The zero-order valence-electron chi connectivity index (χ0n) is 19.6. The molecule has 0 radical (unpaired) electrons. The minimum atomic E-state index is -0.893. The molecular formula is C24H35N3O5. The van der Waals surface area contributed by atoms with Crippen LogP contribution in [0, 0.1) is 11.3 Å². The Kier molecular flexibility index (Phi) is 7.77. The average Bonchev–Trinajstić information content (AvgIpc) is 2.79. The number of amides is 2. The number of rotatable bonds is 5. The van der Waals surface area contributed by atoms with Crippen molar-refractivity contribution in [3.8, 4) is 0 Å². The van der Waals surface area contributed by atoms with Gasteiger partial charge < -0.3 is 24.6 Å². The van der Waals surface area contributed by atoms with E-state index in [0.717, 1.165) is 18.8 Å². The molecule has 0 spiro atoms. The van der Waals surface area contributed by atoms with E-state index in [4.69, 9.17) is 9.47 Å². The van der Waals surface area contributed by atoms with E-state index in [2.05, 4.69) is 10.2 Å². The Hall–Kier alpha value is -2.61. The van der Waals surface area contributed by atoms with Crippen LogP contribution in [0.5, 0.6) is 0 Å². The van der Waals surface area contributed by atoms with Crippen LogP contribution >= 0.6 is 0 Å². The molecule has 1 aromatic carbocycles. The fraction of sp³-hybridized carbons (Fsp3) is 0.625. The molecule has 2 aliphatic heterocycles.